The third kappa shape index (κ3) is 1.19. The molecule has 0 unspecified atom stereocenters. The highest BCUT2D eigenvalue weighted by molar-refractivity contribution is 5.66. The van der Waals surface area contributed by atoms with Crippen LogP contribution in [0.1, 0.15) is 0 Å². The van der Waals surface area contributed by atoms with Crippen LogP contribution in [0.5, 0.6) is 0 Å². The number of hydrogen-bond acceptors (Lipinski definition) is 1. The molecule has 11 heavy (non-hydrogen) atoms. The molecule has 0 bridgehead atoms. The smallest absolute Gasteiger partial charge is 0.0812 e. The van der Waals surface area contributed by atoms with Crippen molar-refractivity contribution >= 4 is 11.4 Å². The number of nitrogens with one attached hydrogen (secondary N) is 1. The minimum atomic E-state index is 0.768. The van der Waals surface area contributed by atoms with Crippen LogP contribution in [0.4, 0.5) is 11.4 Å². The minimum absolute atomic E-state index is 0.768. The van der Waals surface area contributed by atoms with Gasteiger partial charge in [-0.2, -0.15) is 0 Å². The number of hydrogen-bond donors (Lipinski definition) is 1. The van der Waals surface area contributed by atoms with Crippen molar-refractivity contribution in [2.45, 2.75) is 0 Å². The van der Waals surface area contributed by atoms with E-state index in [1.807, 2.05) is 36.5 Å². The second-order valence-corrected chi connectivity index (χ2v) is 2.40. The average molecular weight is 145 g/mol. The zero-order valence-corrected chi connectivity index (χ0v) is 6.12. The van der Waals surface area contributed by atoms with Crippen LogP contribution in [0, 0.1) is 0 Å². The van der Waals surface area contributed by atoms with Gasteiger partial charge in [0.25, 0.3) is 0 Å². The molecule has 1 aliphatic rings. The maximum Gasteiger partial charge on any atom is 0.0812 e. The molecule has 2 nitrogen and oxygen atoms in total. The van der Waals surface area contributed by atoms with Gasteiger partial charge in [0.1, 0.15) is 0 Å². The molecule has 1 aliphatic heterocycles. The Morgan fingerprint density at radius 1 is 1.27 bits per heavy atom. The van der Waals surface area contributed by atoms with Gasteiger partial charge in [-0.05, 0) is 24.4 Å². The first-order valence-corrected chi connectivity index (χ1v) is 3.65. The molecular weight excluding hydrogens is 136 g/mol. The third-order valence-corrected chi connectivity index (χ3v) is 1.63. The Morgan fingerprint density at radius 2 is 2.18 bits per heavy atom. The predicted molar refractivity (Wildman–Crippen MR) is 45.9 cm³/mol. The van der Waals surface area contributed by atoms with Crippen LogP contribution in [0.15, 0.2) is 36.5 Å². The Labute approximate surface area is 65.9 Å². The van der Waals surface area contributed by atoms with E-state index in [1.165, 1.54) is 0 Å². The molecule has 55 valence electrons. The van der Waals surface area contributed by atoms with Gasteiger partial charge >= 0.3 is 0 Å². The molecule has 0 aromatic heterocycles. The van der Waals surface area contributed by atoms with Crippen LogP contribution in [0.2, 0.25) is 0 Å². The van der Waals surface area contributed by atoms with Crippen molar-refractivity contribution in [2.24, 2.45) is 0 Å². The monoisotopic (exact) mass is 145 g/mol. The van der Waals surface area contributed by atoms with E-state index in [-0.39, 0.29) is 0 Å². The number of fused-ring (bicyclic) bond motifs is 1. The lowest BCUT2D eigenvalue weighted by Gasteiger charge is -2.03. The van der Waals surface area contributed by atoms with Gasteiger partial charge in [0.2, 0.25) is 0 Å². The van der Waals surface area contributed by atoms with Gasteiger partial charge in [-0.1, -0.05) is 12.1 Å². The first-order chi connectivity index (χ1) is 5.47. The molecule has 0 saturated carbocycles. The highest BCUT2D eigenvalue weighted by atomic mass is 15.0. The van der Waals surface area contributed by atoms with Gasteiger partial charge in [0.05, 0.1) is 17.9 Å². The van der Waals surface area contributed by atoms with Gasteiger partial charge in [-0.3, -0.25) is 5.32 Å². The first-order valence-electron chi connectivity index (χ1n) is 3.65. The van der Waals surface area contributed by atoms with Crippen LogP contribution >= 0.6 is 0 Å². The number of anilines is 1. The van der Waals surface area contributed by atoms with Crippen molar-refractivity contribution < 1.29 is 0 Å². The maximum absolute atomic E-state index is 4.34. The largest absolute Gasteiger partial charge is 0.360 e. The molecule has 0 saturated heterocycles. The summed E-state index contributed by atoms with van der Waals surface area (Å²) in [5.41, 5.74) is 2.12. The van der Waals surface area contributed by atoms with Gasteiger partial charge in [-0.25, -0.2) is 0 Å². The molecule has 0 atom stereocenters. The van der Waals surface area contributed by atoms with E-state index in [0.29, 0.717) is 0 Å². The molecule has 0 fully saturated rings. The van der Waals surface area contributed by atoms with E-state index in [9.17, 15) is 0 Å². The number of benzene rings is 1. The van der Waals surface area contributed by atoms with Crippen LogP contribution in [-0.2, 0) is 0 Å². The lowest BCUT2D eigenvalue weighted by Crippen LogP contribution is -1.95. The van der Waals surface area contributed by atoms with Gasteiger partial charge in [0.15, 0.2) is 0 Å². The van der Waals surface area contributed by atoms with E-state index in [0.717, 1.165) is 17.9 Å². The van der Waals surface area contributed by atoms with Crippen molar-refractivity contribution in [3.8, 4) is 0 Å². The fraction of sp³-hybridized carbons (Fsp3) is 0.111. The Balaban J connectivity index is 2.40. The summed E-state index contributed by atoms with van der Waals surface area (Å²) in [7, 11) is 0. The average Bonchev–Trinajstić information content (AvgIpc) is 2.28. The predicted octanol–water partition coefficient (Wildman–Crippen LogP) is 1.86. The molecule has 0 spiro atoms. The minimum Gasteiger partial charge on any atom is -0.360 e. The second kappa shape index (κ2) is 2.66. The van der Waals surface area contributed by atoms with E-state index in [4.69, 9.17) is 0 Å². The van der Waals surface area contributed by atoms with Crippen LogP contribution < -0.4 is 10.6 Å². The summed E-state index contributed by atoms with van der Waals surface area (Å²) in [6.45, 7) is 0.768. The van der Waals surface area contributed by atoms with Crippen molar-refractivity contribution in [1.29, 1.82) is 0 Å². The zero-order valence-electron chi connectivity index (χ0n) is 6.12. The van der Waals surface area contributed by atoms with Crippen molar-refractivity contribution in [1.82, 2.24) is 5.32 Å². The van der Waals surface area contributed by atoms with Crippen LogP contribution in [-0.4, -0.2) is 6.54 Å². The molecule has 0 amide bonds. The van der Waals surface area contributed by atoms with E-state index in [2.05, 4.69) is 10.6 Å². The van der Waals surface area contributed by atoms with Crippen molar-refractivity contribution in [3.63, 3.8) is 0 Å². The lowest BCUT2D eigenvalue weighted by molar-refractivity contribution is 0.987. The molecule has 1 radical (unpaired) electrons. The summed E-state index contributed by atoms with van der Waals surface area (Å²) >= 11 is 0. The quantitative estimate of drug-likeness (QED) is 0.592. The van der Waals surface area contributed by atoms with Crippen LogP contribution in [0.25, 0.3) is 0 Å². The summed E-state index contributed by atoms with van der Waals surface area (Å²) in [6.07, 6.45) is 3.93. The number of nitrogens with zero attached hydrogens (tertiary/aromatic N) is 1. The van der Waals surface area contributed by atoms with Gasteiger partial charge in [-0.15, -0.1) is 0 Å². The molecule has 2 heteroatoms. The second-order valence-electron chi connectivity index (χ2n) is 2.40. The molecular formula is C9H9N2. The topological polar surface area (TPSA) is 26.1 Å². The molecule has 1 N–H and O–H groups in total. The fourth-order valence-corrected chi connectivity index (χ4v) is 1.09. The van der Waals surface area contributed by atoms with E-state index >= 15 is 0 Å². The summed E-state index contributed by atoms with van der Waals surface area (Å²) in [5, 5.41) is 7.49. The fourth-order valence-electron chi connectivity index (χ4n) is 1.09. The Hall–Kier alpha value is -1.44. The van der Waals surface area contributed by atoms with E-state index in [1.54, 1.807) is 0 Å². The highest BCUT2D eigenvalue weighted by Gasteiger charge is 2.00. The molecule has 2 rings (SSSR count). The SMILES string of the molecule is C1=CNc2ccccc2[N]C1. The van der Waals surface area contributed by atoms with Gasteiger partial charge in [0, 0.05) is 0 Å². The summed E-state index contributed by atoms with van der Waals surface area (Å²) in [6, 6.07) is 8.03. The van der Waals surface area contributed by atoms with Crippen molar-refractivity contribution in [3.05, 3.63) is 36.5 Å². The summed E-state index contributed by atoms with van der Waals surface area (Å²) in [4.78, 5) is 0. The lowest BCUT2D eigenvalue weighted by atomic mass is 10.2. The molecule has 0 aliphatic carbocycles. The molecule has 1 heterocycles. The highest BCUT2D eigenvalue weighted by Crippen LogP contribution is 2.21. The standard InChI is InChI=1S/C9H9N2/c1-2-5-9-8(4-1)10-6-3-7-11-9/h1-6,10H,7H2. The normalized spacial score (nSPS) is 14.2. The first kappa shape index (κ1) is 6.28. The van der Waals surface area contributed by atoms with Crippen molar-refractivity contribution in [2.75, 3.05) is 11.9 Å². The number of rotatable bonds is 0. The van der Waals surface area contributed by atoms with Crippen LogP contribution in [0.3, 0.4) is 0 Å². The molecule has 1 aromatic carbocycles. The Morgan fingerprint density at radius 3 is 3.18 bits per heavy atom. The Bertz CT molecular complexity index is 279. The van der Waals surface area contributed by atoms with Gasteiger partial charge < -0.3 is 5.32 Å². The number of para-hydroxylation sites is 2. The van der Waals surface area contributed by atoms with E-state index < -0.39 is 0 Å². The Kier molecular flexibility index (Phi) is 1.52. The zero-order chi connectivity index (χ0) is 7.52. The summed E-state index contributed by atoms with van der Waals surface area (Å²) in [5.74, 6) is 0. The maximum atomic E-state index is 4.34. The third-order valence-electron chi connectivity index (χ3n) is 1.63. The molecule has 1 aromatic rings. The summed E-state index contributed by atoms with van der Waals surface area (Å²) < 4.78 is 0.